The molecular weight excluding hydrogens is 402 g/mol. The van der Waals surface area contributed by atoms with Gasteiger partial charge in [-0.05, 0) is 31.4 Å². The minimum atomic E-state index is -1.07. The number of thioether (sulfide) groups is 1. The Morgan fingerprint density at radius 2 is 1.97 bits per heavy atom. The van der Waals surface area contributed by atoms with Crippen LogP contribution in [0.1, 0.15) is 50.4 Å². The largest absolute Gasteiger partial charge is 0.477 e. The van der Waals surface area contributed by atoms with Crippen molar-refractivity contribution in [1.29, 1.82) is 0 Å². The number of hydrogen-bond donors (Lipinski definition) is 4. The molecule has 2 saturated heterocycles. The number of hydrogen-bond acceptors (Lipinski definition) is 6. The average Bonchev–Trinajstić information content (AvgIpc) is 3.24. The Hall–Kier alpha value is -1.87. The number of carboxylic acids is 1. The van der Waals surface area contributed by atoms with E-state index in [1.807, 2.05) is 13.8 Å². The van der Waals surface area contributed by atoms with E-state index >= 15 is 0 Å². The summed E-state index contributed by atoms with van der Waals surface area (Å²) in [6, 6.07) is 8.25. The van der Waals surface area contributed by atoms with Crippen LogP contribution < -0.4 is 11.1 Å². The Balaban J connectivity index is 1.49. The molecule has 3 aliphatic heterocycles. The molecule has 1 unspecified atom stereocenters. The van der Waals surface area contributed by atoms with E-state index in [4.69, 9.17) is 5.73 Å². The van der Waals surface area contributed by atoms with Crippen LogP contribution in [-0.2, 0) is 9.59 Å². The fourth-order valence-electron chi connectivity index (χ4n) is 4.94. The molecule has 30 heavy (non-hydrogen) atoms. The molecule has 3 aliphatic rings. The summed E-state index contributed by atoms with van der Waals surface area (Å²) in [5, 5.41) is 23.5. The van der Waals surface area contributed by atoms with Crippen molar-refractivity contribution in [3.63, 3.8) is 0 Å². The van der Waals surface area contributed by atoms with Crippen molar-refractivity contribution in [1.82, 2.24) is 10.2 Å². The maximum absolute atomic E-state index is 12.5. The molecule has 5 N–H and O–H groups in total. The van der Waals surface area contributed by atoms with Crippen LogP contribution in [0.4, 0.5) is 0 Å². The second kappa shape index (κ2) is 8.00. The van der Waals surface area contributed by atoms with Crippen molar-refractivity contribution in [2.75, 3.05) is 6.54 Å². The van der Waals surface area contributed by atoms with Crippen LogP contribution in [0.15, 0.2) is 34.9 Å². The average molecular weight is 432 g/mol. The monoisotopic (exact) mass is 431 g/mol. The Morgan fingerprint density at radius 3 is 2.53 bits per heavy atom. The molecule has 7 atom stereocenters. The number of rotatable bonds is 6. The van der Waals surface area contributed by atoms with E-state index < -0.39 is 18.0 Å². The quantitative estimate of drug-likeness (QED) is 0.509. The Morgan fingerprint density at radius 1 is 1.30 bits per heavy atom. The van der Waals surface area contributed by atoms with E-state index in [0.717, 1.165) is 23.4 Å². The molecular formula is C22H29N3O4S. The molecule has 0 radical (unpaired) electrons. The van der Waals surface area contributed by atoms with Gasteiger partial charge in [0.05, 0.1) is 18.1 Å². The number of amides is 1. The van der Waals surface area contributed by atoms with Gasteiger partial charge in [-0.25, -0.2) is 4.79 Å². The van der Waals surface area contributed by atoms with Gasteiger partial charge in [0, 0.05) is 34.7 Å². The third-order valence-corrected chi connectivity index (χ3v) is 8.07. The summed E-state index contributed by atoms with van der Waals surface area (Å²) in [7, 11) is 0. The standard InChI is InChI=1S/C22H29N3O4S/c1-10-18-17(12(3)26)21(27)25(18)19(22(28)29)20(10)30-15-8-16(24-9-15)14-6-4-13(5-7-14)11(2)23/h4-7,10-12,15-18,24,26H,8-9,23H2,1-3H3,(H,28,29)/t10-,11?,12-,15+,16-,17-,18-/m1/s1. The third kappa shape index (κ3) is 3.45. The zero-order chi connectivity index (χ0) is 21.7. The number of aliphatic hydroxyl groups is 1. The SMILES string of the molecule is CC(N)c1ccc([C@H]2C[C@H](SC3=C(C(=O)O)N4C(=O)[C@H]([C@@H](C)O)[C@H]4[C@H]3C)CN2)cc1. The van der Waals surface area contributed by atoms with Crippen molar-refractivity contribution in [2.24, 2.45) is 17.6 Å². The second-order valence-corrected chi connectivity index (χ2v) is 10.0. The zero-order valence-electron chi connectivity index (χ0n) is 17.4. The van der Waals surface area contributed by atoms with Gasteiger partial charge in [0.2, 0.25) is 5.91 Å². The topological polar surface area (TPSA) is 116 Å². The van der Waals surface area contributed by atoms with Gasteiger partial charge in [-0.2, -0.15) is 0 Å². The molecule has 162 valence electrons. The van der Waals surface area contributed by atoms with Gasteiger partial charge >= 0.3 is 5.97 Å². The molecule has 0 saturated carbocycles. The maximum Gasteiger partial charge on any atom is 0.353 e. The van der Waals surface area contributed by atoms with Crippen molar-refractivity contribution in [2.45, 2.75) is 56.7 Å². The molecule has 7 nitrogen and oxygen atoms in total. The highest BCUT2D eigenvalue weighted by atomic mass is 32.2. The summed E-state index contributed by atoms with van der Waals surface area (Å²) in [5.41, 5.74) is 8.33. The first-order chi connectivity index (χ1) is 14.2. The number of β-lactam (4-membered cyclic amide) rings is 1. The molecule has 0 spiro atoms. The summed E-state index contributed by atoms with van der Waals surface area (Å²) < 4.78 is 0. The molecule has 2 fully saturated rings. The van der Waals surface area contributed by atoms with Crippen molar-refractivity contribution in [3.05, 3.63) is 46.0 Å². The van der Waals surface area contributed by atoms with Gasteiger partial charge in [0.25, 0.3) is 0 Å². The van der Waals surface area contributed by atoms with Crippen LogP contribution >= 0.6 is 11.8 Å². The predicted octanol–water partition coefficient (Wildman–Crippen LogP) is 2.00. The molecule has 1 amide bonds. The number of carbonyl (C=O) groups excluding carboxylic acids is 1. The minimum Gasteiger partial charge on any atom is -0.477 e. The van der Waals surface area contributed by atoms with E-state index in [2.05, 4.69) is 29.6 Å². The van der Waals surface area contributed by atoms with Crippen LogP contribution in [-0.4, -0.2) is 50.9 Å². The number of fused-ring (bicyclic) bond motifs is 1. The molecule has 8 heteroatoms. The smallest absolute Gasteiger partial charge is 0.353 e. The van der Waals surface area contributed by atoms with E-state index in [-0.39, 0.29) is 40.9 Å². The fourth-order valence-corrected chi connectivity index (χ4v) is 6.42. The molecule has 1 aromatic rings. The molecule has 0 bridgehead atoms. The molecule has 0 aliphatic carbocycles. The zero-order valence-corrected chi connectivity index (χ0v) is 18.2. The number of aliphatic carboxylic acids is 1. The lowest BCUT2D eigenvalue weighted by atomic mass is 9.79. The highest BCUT2D eigenvalue weighted by molar-refractivity contribution is 8.03. The van der Waals surface area contributed by atoms with E-state index in [9.17, 15) is 19.8 Å². The summed E-state index contributed by atoms with van der Waals surface area (Å²) in [6.07, 6.45) is 0.0985. The van der Waals surface area contributed by atoms with Gasteiger partial charge in [-0.15, -0.1) is 11.8 Å². The van der Waals surface area contributed by atoms with E-state index in [1.165, 1.54) is 10.5 Å². The van der Waals surface area contributed by atoms with Crippen LogP contribution in [0.3, 0.4) is 0 Å². The van der Waals surface area contributed by atoms with Crippen LogP contribution in [0.25, 0.3) is 0 Å². The van der Waals surface area contributed by atoms with E-state index in [0.29, 0.717) is 0 Å². The lowest BCUT2D eigenvalue weighted by molar-refractivity contribution is -0.163. The summed E-state index contributed by atoms with van der Waals surface area (Å²) in [4.78, 5) is 26.6. The number of nitrogens with two attached hydrogens (primary N) is 1. The van der Waals surface area contributed by atoms with Crippen LogP contribution in [0.2, 0.25) is 0 Å². The number of nitrogens with zero attached hydrogens (tertiary/aromatic N) is 1. The summed E-state index contributed by atoms with van der Waals surface area (Å²) >= 11 is 1.57. The molecule has 3 heterocycles. The van der Waals surface area contributed by atoms with Gasteiger partial charge in [-0.1, -0.05) is 31.2 Å². The molecule has 1 aromatic carbocycles. The summed E-state index contributed by atoms with van der Waals surface area (Å²) in [5.74, 6) is -1.97. The van der Waals surface area contributed by atoms with E-state index in [1.54, 1.807) is 18.7 Å². The fraction of sp³-hybridized carbons (Fsp3) is 0.545. The number of aliphatic hydroxyl groups excluding tert-OH is 1. The van der Waals surface area contributed by atoms with Crippen LogP contribution in [0.5, 0.6) is 0 Å². The number of benzene rings is 1. The number of carboxylic acid groups (broad SMARTS) is 1. The molecule has 0 aromatic heterocycles. The van der Waals surface area contributed by atoms with Gasteiger partial charge < -0.3 is 26.2 Å². The van der Waals surface area contributed by atoms with Crippen molar-refractivity contribution in [3.8, 4) is 0 Å². The second-order valence-electron chi connectivity index (χ2n) is 8.66. The van der Waals surface area contributed by atoms with Gasteiger partial charge in [0.15, 0.2) is 0 Å². The first kappa shape index (κ1) is 21.4. The molecule has 4 rings (SSSR count). The lowest BCUT2D eigenvalue weighted by Gasteiger charge is -2.46. The minimum absolute atomic E-state index is 0.00247. The van der Waals surface area contributed by atoms with Gasteiger partial charge in [-0.3, -0.25) is 4.79 Å². The number of carbonyl (C=O) groups is 2. The Labute approximate surface area is 180 Å². The predicted molar refractivity (Wildman–Crippen MR) is 115 cm³/mol. The third-order valence-electron chi connectivity index (χ3n) is 6.56. The first-order valence-corrected chi connectivity index (χ1v) is 11.3. The first-order valence-electron chi connectivity index (χ1n) is 10.4. The van der Waals surface area contributed by atoms with Crippen molar-refractivity contribution < 1.29 is 19.8 Å². The maximum atomic E-state index is 12.5. The van der Waals surface area contributed by atoms with Crippen molar-refractivity contribution >= 4 is 23.6 Å². The van der Waals surface area contributed by atoms with Crippen LogP contribution in [0, 0.1) is 11.8 Å². The normalized spacial score (nSPS) is 32.8. The Kier molecular flexibility index (Phi) is 5.69. The number of nitrogens with one attached hydrogen (secondary N) is 1. The lowest BCUT2D eigenvalue weighted by Crippen LogP contribution is -2.63. The Bertz CT molecular complexity index is 883. The van der Waals surface area contributed by atoms with Gasteiger partial charge in [0.1, 0.15) is 5.70 Å². The summed E-state index contributed by atoms with van der Waals surface area (Å²) in [6.45, 7) is 6.29. The highest BCUT2D eigenvalue weighted by Gasteiger charge is 2.60. The highest BCUT2D eigenvalue weighted by Crippen LogP contribution is 2.52.